The molecule has 0 atom stereocenters. The van der Waals surface area contributed by atoms with Gasteiger partial charge in [-0.1, -0.05) is 0 Å². The van der Waals surface area contributed by atoms with E-state index in [4.69, 9.17) is 9.47 Å². The van der Waals surface area contributed by atoms with Crippen LogP contribution in [0.5, 0.6) is 11.8 Å². The second-order valence-electron chi connectivity index (χ2n) is 1.90. The Balaban J connectivity index is 0. The van der Waals surface area contributed by atoms with Crippen LogP contribution in [0.3, 0.4) is 0 Å². The molecule has 0 fully saturated rings. The number of ether oxygens (including phenoxy) is 2. The average Bonchev–Trinajstić information content (AvgIpc) is 2.09. The van der Waals surface area contributed by atoms with Gasteiger partial charge in [-0.15, -0.1) is 0 Å². The van der Waals surface area contributed by atoms with E-state index in [1.165, 1.54) is 12.4 Å². The van der Waals surface area contributed by atoms with Gasteiger partial charge in [0.15, 0.2) is 5.75 Å². The van der Waals surface area contributed by atoms with Crippen molar-refractivity contribution in [2.45, 2.75) is 0 Å². The molecular weight excluding hydrogens is 524 g/mol. The molecule has 0 radical (unpaired) electrons. The Labute approximate surface area is 112 Å². The van der Waals surface area contributed by atoms with Gasteiger partial charge in [-0.3, -0.25) is 0 Å². The van der Waals surface area contributed by atoms with Crippen molar-refractivity contribution >= 4 is 0 Å². The van der Waals surface area contributed by atoms with Crippen LogP contribution in [0.4, 0.5) is 0 Å². The molecule has 0 amide bonds. The van der Waals surface area contributed by atoms with Gasteiger partial charge in [0.2, 0.25) is 0 Å². The summed E-state index contributed by atoms with van der Waals surface area (Å²) in [5.74, 6) is 0.585. The smallest absolute Gasteiger partial charge is 0.313 e. The van der Waals surface area contributed by atoms with Gasteiger partial charge in [-0.05, 0) is 13.2 Å². The second kappa shape index (κ2) is 9.61. The fraction of sp³-hybridized carbons (Fsp3) is 0.250. The first kappa shape index (κ1) is 16.5. The largest absolute Gasteiger partial charge is 0.523 e. The number of aromatic nitrogens is 2. The van der Waals surface area contributed by atoms with Crippen LogP contribution in [-0.2, 0) is 42.1 Å². The molecule has 1 heterocycles. The molecule has 78 valence electrons. The van der Waals surface area contributed by atoms with Gasteiger partial charge in [-0.2, -0.15) is 9.97 Å². The van der Waals surface area contributed by atoms with E-state index < -0.39 is 0 Å². The summed E-state index contributed by atoms with van der Waals surface area (Å²) in [7, 11) is 0. The van der Waals surface area contributed by atoms with Crippen LogP contribution < -0.4 is 9.47 Å². The zero-order valence-corrected chi connectivity index (χ0v) is 13.4. The number of hydrogen-bond donors (Lipinski definition) is 0. The Morgan fingerprint density at radius 3 is 1.93 bits per heavy atom. The third-order valence-corrected chi connectivity index (χ3v) is 1.10. The van der Waals surface area contributed by atoms with Gasteiger partial charge < -0.3 is 23.3 Å². The first-order chi connectivity index (χ1) is 5.86. The van der Waals surface area contributed by atoms with Gasteiger partial charge in [-0.25, -0.2) is 0 Å². The van der Waals surface area contributed by atoms with Crippen molar-refractivity contribution in [3.05, 3.63) is 26.2 Å². The standard InChI is InChI=1S/C8H10N2O2.2W/c1-3-11-7-5-9-8(10-6-7)12-4-2;;/h5-6H,1-4H2;;/q-2;;. The minimum absolute atomic E-state index is 0. The summed E-state index contributed by atoms with van der Waals surface area (Å²) in [6.07, 6.45) is 3.06. The molecule has 1 aromatic heterocycles. The Hall–Kier alpha value is 0.0566. The summed E-state index contributed by atoms with van der Waals surface area (Å²) in [5.41, 5.74) is 0. The Kier molecular flexibility index (Phi) is 11.3. The summed E-state index contributed by atoms with van der Waals surface area (Å²) in [6.45, 7) is 7.69. The molecule has 0 spiro atoms. The van der Waals surface area contributed by atoms with Gasteiger partial charge >= 0.3 is 6.01 Å². The Morgan fingerprint density at radius 1 is 1.00 bits per heavy atom. The molecule has 6 heteroatoms. The third kappa shape index (κ3) is 5.72. The molecule has 0 saturated heterocycles. The summed E-state index contributed by atoms with van der Waals surface area (Å²) in [5, 5.41) is 0. The molecule has 0 aliphatic rings. The van der Waals surface area contributed by atoms with Gasteiger partial charge in [0.1, 0.15) is 0 Å². The van der Waals surface area contributed by atoms with Crippen LogP contribution in [-0.4, -0.2) is 23.2 Å². The summed E-state index contributed by atoms with van der Waals surface area (Å²) in [6, 6.07) is 0.307. The van der Waals surface area contributed by atoms with Crippen molar-refractivity contribution in [1.82, 2.24) is 9.97 Å². The van der Waals surface area contributed by atoms with E-state index in [-0.39, 0.29) is 42.1 Å². The molecule has 0 saturated carbocycles. The molecule has 0 aromatic carbocycles. The van der Waals surface area contributed by atoms with Gasteiger partial charge in [0, 0.05) is 42.1 Å². The summed E-state index contributed by atoms with van der Waals surface area (Å²) >= 11 is 0. The van der Waals surface area contributed by atoms with Crippen molar-refractivity contribution in [3.8, 4) is 11.8 Å². The Bertz CT molecular complexity index is 206. The van der Waals surface area contributed by atoms with Crippen molar-refractivity contribution in [1.29, 1.82) is 0 Å². The maximum absolute atomic E-state index is 5.03. The van der Waals surface area contributed by atoms with Crippen LogP contribution >= 0.6 is 0 Å². The number of hydrogen-bond acceptors (Lipinski definition) is 4. The van der Waals surface area contributed by atoms with Crippen LogP contribution in [0.25, 0.3) is 0 Å². The minimum Gasteiger partial charge on any atom is -0.523 e. The first-order valence-electron chi connectivity index (χ1n) is 3.53. The van der Waals surface area contributed by atoms with Crippen molar-refractivity contribution in [2.24, 2.45) is 0 Å². The van der Waals surface area contributed by atoms with Crippen LogP contribution in [0, 0.1) is 13.8 Å². The van der Waals surface area contributed by atoms with Crippen LogP contribution in [0.15, 0.2) is 12.4 Å². The monoisotopic (exact) mass is 534 g/mol. The molecule has 14 heavy (non-hydrogen) atoms. The normalized spacial score (nSPS) is 8.14. The SMILES string of the molecule is [CH2-]COc1cnc(OC[CH2-])nc1.[W].[W]. The van der Waals surface area contributed by atoms with Crippen LogP contribution in [0.2, 0.25) is 0 Å². The van der Waals surface area contributed by atoms with Crippen LogP contribution in [0.1, 0.15) is 0 Å². The predicted molar refractivity (Wildman–Crippen MR) is 43.7 cm³/mol. The van der Waals surface area contributed by atoms with Crippen molar-refractivity contribution in [3.63, 3.8) is 0 Å². The van der Waals surface area contributed by atoms with E-state index >= 15 is 0 Å². The maximum Gasteiger partial charge on any atom is 0.313 e. The van der Waals surface area contributed by atoms with E-state index in [2.05, 4.69) is 23.8 Å². The molecule has 0 unspecified atom stereocenters. The fourth-order valence-electron chi connectivity index (χ4n) is 0.663. The van der Waals surface area contributed by atoms with Gasteiger partial charge in [0.25, 0.3) is 0 Å². The van der Waals surface area contributed by atoms with E-state index in [1.54, 1.807) is 0 Å². The fourth-order valence-corrected chi connectivity index (χ4v) is 0.663. The molecule has 0 aliphatic carbocycles. The summed E-state index contributed by atoms with van der Waals surface area (Å²) < 4.78 is 9.97. The molecular formula is C8H10N2O2W2-2. The number of nitrogens with zero attached hydrogens (tertiary/aromatic N) is 2. The topological polar surface area (TPSA) is 44.2 Å². The van der Waals surface area contributed by atoms with E-state index in [0.717, 1.165) is 0 Å². The zero-order valence-electron chi connectivity index (χ0n) is 7.51. The summed E-state index contributed by atoms with van der Waals surface area (Å²) in [4.78, 5) is 7.72. The maximum atomic E-state index is 5.03. The molecule has 4 nitrogen and oxygen atoms in total. The van der Waals surface area contributed by atoms with Crippen molar-refractivity contribution < 1.29 is 51.6 Å². The quantitative estimate of drug-likeness (QED) is 0.540. The van der Waals surface area contributed by atoms with Gasteiger partial charge in [0.05, 0.1) is 12.4 Å². The predicted octanol–water partition coefficient (Wildman–Crippen LogP) is 0.897. The van der Waals surface area contributed by atoms with Crippen molar-refractivity contribution in [2.75, 3.05) is 13.2 Å². The molecule has 1 rings (SSSR count). The molecule has 0 N–H and O–H groups in total. The molecule has 0 bridgehead atoms. The molecule has 1 aromatic rings. The number of rotatable bonds is 4. The molecule has 0 aliphatic heterocycles. The first-order valence-corrected chi connectivity index (χ1v) is 3.53. The van der Waals surface area contributed by atoms with E-state index in [0.29, 0.717) is 25.0 Å². The van der Waals surface area contributed by atoms with E-state index in [9.17, 15) is 0 Å². The minimum atomic E-state index is 0. The third-order valence-electron chi connectivity index (χ3n) is 1.10. The van der Waals surface area contributed by atoms with E-state index in [1.807, 2.05) is 0 Å². The Morgan fingerprint density at radius 2 is 1.50 bits per heavy atom. The zero-order chi connectivity index (χ0) is 8.81. The average molecular weight is 534 g/mol. The second-order valence-corrected chi connectivity index (χ2v) is 1.90.